The van der Waals surface area contributed by atoms with Gasteiger partial charge < -0.3 is 20.6 Å². The summed E-state index contributed by atoms with van der Waals surface area (Å²) in [6.07, 6.45) is 15.7. The lowest BCUT2D eigenvalue weighted by atomic mass is 10.1. The number of nitrogens with zero attached hydrogens (tertiary/aromatic N) is 2. The maximum Gasteiger partial charge on any atom is 0.200 e. The van der Waals surface area contributed by atoms with E-state index in [1.54, 1.807) is 0 Å². The number of unbranched alkanes of at least 4 members (excludes halogenated alkanes) is 9. The summed E-state index contributed by atoms with van der Waals surface area (Å²) in [5, 5.41) is 15.9. The third-order valence-electron chi connectivity index (χ3n) is 4.73. The maximum atomic E-state index is 9.05. The molecule has 5 nitrogen and oxygen atoms in total. The highest BCUT2D eigenvalue weighted by Crippen LogP contribution is 2.10. The van der Waals surface area contributed by atoms with E-state index in [0.29, 0.717) is 6.54 Å². The number of guanidine groups is 1. The molecular formula is C22H42N4O. The summed E-state index contributed by atoms with van der Waals surface area (Å²) in [6.45, 7) is 11.3. The molecule has 0 saturated carbocycles. The van der Waals surface area contributed by atoms with E-state index in [2.05, 4.69) is 40.1 Å². The fraction of sp³-hybridized carbons (Fsp3) is 0.773. The third-order valence-corrected chi connectivity index (χ3v) is 4.73. The average molecular weight is 379 g/mol. The molecule has 0 spiro atoms. The van der Waals surface area contributed by atoms with Crippen LogP contribution in [0, 0.1) is 0 Å². The molecular weight excluding hydrogens is 336 g/mol. The molecule has 0 saturated heterocycles. The SMILES string of the molecule is C=C(C)CN1CC=C(NCCCCCCCCCCCC)NC1=NCCO. The number of aliphatic hydroxyl groups is 1. The van der Waals surface area contributed by atoms with Crippen LogP contribution in [0.3, 0.4) is 0 Å². The van der Waals surface area contributed by atoms with E-state index in [1.165, 1.54) is 64.2 Å². The Morgan fingerprint density at radius 1 is 1.15 bits per heavy atom. The molecule has 27 heavy (non-hydrogen) atoms. The van der Waals surface area contributed by atoms with Crippen LogP contribution in [-0.4, -0.2) is 48.8 Å². The minimum atomic E-state index is 0.0666. The zero-order valence-electron chi connectivity index (χ0n) is 17.7. The summed E-state index contributed by atoms with van der Waals surface area (Å²) < 4.78 is 0. The standard InChI is InChI=1S/C22H42N4O/c1-4-5-6-7-8-9-10-11-12-13-15-23-21-14-17-26(19-20(2)3)22(25-21)24-16-18-27/h14,23,27H,2,4-13,15-19H2,1,3H3,(H,24,25). The summed E-state index contributed by atoms with van der Waals surface area (Å²) in [5.41, 5.74) is 1.10. The highest BCUT2D eigenvalue weighted by atomic mass is 16.3. The zero-order chi connectivity index (χ0) is 19.7. The molecule has 0 amide bonds. The number of hydrogen-bond donors (Lipinski definition) is 3. The predicted molar refractivity (Wildman–Crippen MR) is 117 cm³/mol. The molecule has 0 aromatic heterocycles. The first kappa shape index (κ1) is 23.5. The van der Waals surface area contributed by atoms with Crippen molar-refractivity contribution in [1.82, 2.24) is 15.5 Å². The number of hydrogen-bond acceptors (Lipinski definition) is 3. The van der Waals surface area contributed by atoms with Crippen LogP contribution >= 0.6 is 0 Å². The molecule has 0 unspecified atom stereocenters. The van der Waals surface area contributed by atoms with Gasteiger partial charge in [-0.25, -0.2) is 0 Å². The molecule has 1 aliphatic rings. The molecule has 0 bridgehead atoms. The van der Waals surface area contributed by atoms with Gasteiger partial charge in [-0.3, -0.25) is 4.99 Å². The van der Waals surface area contributed by atoms with Gasteiger partial charge in [-0.1, -0.05) is 76.9 Å². The van der Waals surface area contributed by atoms with Crippen LogP contribution in [-0.2, 0) is 0 Å². The molecule has 5 heteroatoms. The van der Waals surface area contributed by atoms with E-state index in [4.69, 9.17) is 5.11 Å². The first-order chi connectivity index (χ1) is 13.2. The minimum Gasteiger partial charge on any atom is -0.394 e. The van der Waals surface area contributed by atoms with Crippen molar-refractivity contribution in [2.75, 3.05) is 32.8 Å². The van der Waals surface area contributed by atoms with Gasteiger partial charge in [0, 0.05) is 19.6 Å². The van der Waals surface area contributed by atoms with Gasteiger partial charge in [0.1, 0.15) is 5.82 Å². The topological polar surface area (TPSA) is 59.9 Å². The molecule has 0 atom stereocenters. The highest BCUT2D eigenvalue weighted by Gasteiger charge is 2.16. The number of aliphatic imine (C=N–C) groups is 1. The van der Waals surface area contributed by atoms with Gasteiger partial charge in [-0.2, -0.15) is 0 Å². The lowest BCUT2D eigenvalue weighted by molar-refractivity contribution is 0.305. The molecule has 156 valence electrons. The Morgan fingerprint density at radius 2 is 1.78 bits per heavy atom. The Morgan fingerprint density at radius 3 is 2.37 bits per heavy atom. The largest absolute Gasteiger partial charge is 0.394 e. The lowest BCUT2D eigenvalue weighted by Crippen LogP contribution is -2.48. The van der Waals surface area contributed by atoms with Crippen molar-refractivity contribution in [3.8, 4) is 0 Å². The van der Waals surface area contributed by atoms with Gasteiger partial charge in [0.2, 0.25) is 0 Å². The third kappa shape index (κ3) is 11.8. The molecule has 0 radical (unpaired) electrons. The summed E-state index contributed by atoms with van der Waals surface area (Å²) >= 11 is 0. The Bertz CT molecular complexity index is 459. The molecule has 3 N–H and O–H groups in total. The van der Waals surface area contributed by atoms with E-state index in [0.717, 1.165) is 37.0 Å². The van der Waals surface area contributed by atoms with Crippen LogP contribution in [0.1, 0.15) is 78.1 Å². The second kappa shape index (κ2) is 15.6. The fourth-order valence-corrected chi connectivity index (χ4v) is 3.25. The number of aliphatic hydroxyl groups excluding tert-OH is 1. The van der Waals surface area contributed by atoms with Crippen molar-refractivity contribution in [3.63, 3.8) is 0 Å². The summed E-state index contributed by atoms with van der Waals surface area (Å²) in [7, 11) is 0. The minimum absolute atomic E-state index is 0.0666. The summed E-state index contributed by atoms with van der Waals surface area (Å²) in [5.74, 6) is 1.85. The maximum absolute atomic E-state index is 9.05. The molecule has 0 fully saturated rings. The summed E-state index contributed by atoms with van der Waals surface area (Å²) in [6, 6.07) is 0. The summed E-state index contributed by atoms with van der Waals surface area (Å²) in [4.78, 5) is 6.59. The molecule has 1 heterocycles. The normalized spacial score (nSPS) is 15.6. The van der Waals surface area contributed by atoms with Crippen molar-refractivity contribution in [1.29, 1.82) is 0 Å². The van der Waals surface area contributed by atoms with E-state index in [1.807, 2.05) is 6.92 Å². The quantitative estimate of drug-likeness (QED) is 0.279. The van der Waals surface area contributed by atoms with Crippen LogP contribution in [0.25, 0.3) is 0 Å². The second-order valence-corrected chi connectivity index (χ2v) is 7.62. The molecule has 0 aromatic rings. The molecule has 0 aliphatic carbocycles. The van der Waals surface area contributed by atoms with Gasteiger partial charge in [0.15, 0.2) is 5.96 Å². The van der Waals surface area contributed by atoms with Crippen molar-refractivity contribution >= 4 is 5.96 Å². The van der Waals surface area contributed by atoms with Crippen LogP contribution in [0.4, 0.5) is 0 Å². The van der Waals surface area contributed by atoms with E-state index in [-0.39, 0.29) is 6.61 Å². The van der Waals surface area contributed by atoms with Gasteiger partial charge in [-0.15, -0.1) is 0 Å². The first-order valence-corrected chi connectivity index (χ1v) is 10.9. The van der Waals surface area contributed by atoms with Crippen molar-refractivity contribution in [3.05, 3.63) is 24.0 Å². The van der Waals surface area contributed by atoms with Crippen molar-refractivity contribution < 1.29 is 5.11 Å². The Labute approximate surface area is 167 Å². The van der Waals surface area contributed by atoms with E-state index in [9.17, 15) is 0 Å². The van der Waals surface area contributed by atoms with E-state index >= 15 is 0 Å². The predicted octanol–water partition coefficient (Wildman–Crippen LogP) is 4.17. The Kier molecular flexibility index (Phi) is 13.6. The smallest absolute Gasteiger partial charge is 0.200 e. The van der Waals surface area contributed by atoms with Gasteiger partial charge >= 0.3 is 0 Å². The molecule has 0 aromatic carbocycles. The van der Waals surface area contributed by atoms with Crippen LogP contribution < -0.4 is 10.6 Å². The van der Waals surface area contributed by atoms with Crippen LogP contribution in [0.2, 0.25) is 0 Å². The Balaban J connectivity index is 2.15. The monoisotopic (exact) mass is 378 g/mol. The van der Waals surface area contributed by atoms with E-state index < -0.39 is 0 Å². The highest BCUT2D eigenvalue weighted by molar-refractivity contribution is 5.83. The Hall–Kier alpha value is -1.49. The second-order valence-electron chi connectivity index (χ2n) is 7.62. The van der Waals surface area contributed by atoms with Gasteiger partial charge in [0.25, 0.3) is 0 Å². The van der Waals surface area contributed by atoms with Crippen molar-refractivity contribution in [2.24, 2.45) is 4.99 Å². The molecule has 1 aliphatic heterocycles. The number of nitrogens with one attached hydrogen (secondary N) is 2. The first-order valence-electron chi connectivity index (χ1n) is 10.9. The van der Waals surface area contributed by atoms with Gasteiger partial charge in [0.05, 0.1) is 13.2 Å². The van der Waals surface area contributed by atoms with Crippen LogP contribution in [0.5, 0.6) is 0 Å². The lowest BCUT2D eigenvalue weighted by Gasteiger charge is -2.31. The number of rotatable bonds is 16. The fourth-order valence-electron chi connectivity index (χ4n) is 3.25. The average Bonchev–Trinajstić information content (AvgIpc) is 2.65. The van der Waals surface area contributed by atoms with Gasteiger partial charge in [-0.05, 0) is 19.4 Å². The molecule has 1 rings (SSSR count). The van der Waals surface area contributed by atoms with Crippen molar-refractivity contribution in [2.45, 2.75) is 78.1 Å². The zero-order valence-corrected chi connectivity index (χ0v) is 17.7. The van der Waals surface area contributed by atoms with Crippen LogP contribution in [0.15, 0.2) is 29.0 Å².